The third kappa shape index (κ3) is 4.12. The fourth-order valence-electron chi connectivity index (χ4n) is 2.26. The van der Waals surface area contributed by atoms with Gasteiger partial charge in [-0.25, -0.2) is 4.39 Å². The van der Waals surface area contributed by atoms with Crippen LogP contribution in [0, 0.1) is 5.82 Å². The summed E-state index contributed by atoms with van der Waals surface area (Å²) >= 11 is 6.33. The van der Waals surface area contributed by atoms with Gasteiger partial charge in [0.1, 0.15) is 11.6 Å². The second-order valence-electron chi connectivity index (χ2n) is 5.32. The molecule has 1 aliphatic rings. The predicted molar refractivity (Wildman–Crippen MR) is 104 cm³/mol. The van der Waals surface area contributed by atoms with Crippen LogP contribution in [0.2, 0.25) is 0 Å². The molecular weight excluding hydrogens is 397 g/mol. The van der Waals surface area contributed by atoms with Gasteiger partial charge in [-0.2, -0.15) is 8.42 Å². The standard InChI is InChI=1S/C17H12FNO4S3/c1-26(21,22)23-14-5-3-2-4-11(14)10-15-16(20)19(17(24)25-15)13-8-6-12(18)7-9-13/h2-10H,1H3/b15-10+. The van der Waals surface area contributed by atoms with Crippen LogP contribution in [-0.4, -0.2) is 24.9 Å². The van der Waals surface area contributed by atoms with Crippen LogP contribution >= 0.6 is 24.0 Å². The first-order valence-electron chi connectivity index (χ1n) is 7.26. The fourth-order valence-corrected chi connectivity index (χ4v) is 4.03. The zero-order valence-electron chi connectivity index (χ0n) is 13.4. The van der Waals surface area contributed by atoms with Crippen molar-refractivity contribution in [3.05, 3.63) is 64.8 Å². The number of thioether (sulfide) groups is 1. The molecule has 0 unspecified atom stereocenters. The van der Waals surface area contributed by atoms with Crippen LogP contribution in [0.3, 0.4) is 0 Å². The highest BCUT2D eigenvalue weighted by molar-refractivity contribution is 8.27. The maximum absolute atomic E-state index is 13.1. The van der Waals surface area contributed by atoms with Crippen molar-refractivity contribution < 1.29 is 21.8 Å². The zero-order chi connectivity index (χ0) is 18.9. The molecule has 1 heterocycles. The Hall–Kier alpha value is -2.23. The Labute approximate surface area is 159 Å². The molecule has 134 valence electrons. The van der Waals surface area contributed by atoms with Crippen molar-refractivity contribution in [3.63, 3.8) is 0 Å². The number of para-hydroxylation sites is 1. The minimum atomic E-state index is -3.71. The monoisotopic (exact) mass is 409 g/mol. The first-order valence-corrected chi connectivity index (χ1v) is 10.3. The third-order valence-electron chi connectivity index (χ3n) is 3.33. The first-order chi connectivity index (χ1) is 12.2. The highest BCUT2D eigenvalue weighted by atomic mass is 32.2. The van der Waals surface area contributed by atoms with E-state index in [4.69, 9.17) is 16.4 Å². The van der Waals surface area contributed by atoms with Crippen LogP contribution in [0.5, 0.6) is 5.75 Å². The summed E-state index contributed by atoms with van der Waals surface area (Å²) < 4.78 is 41.1. The number of hydrogen-bond acceptors (Lipinski definition) is 6. The lowest BCUT2D eigenvalue weighted by Gasteiger charge is -2.14. The average molecular weight is 409 g/mol. The molecule has 5 nitrogen and oxygen atoms in total. The quantitative estimate of drug-likeness (QED) is 0.437. The summed E-state index contributed by atoms with van der Waals surface area (Å²) in [5.41, 5.74) is 0.885. The normalized spacial score (nSPS) is 16.4. The number of carbonyl (C=O) groups is 1. The largest absolute Gasteiger partial charge is 0.382 e. The number of thiocarbonyl (C=S) groups is 1. The lowest BCUT2D eigenvalue weighted by Crippen LogP contribution is -2.27. The summed E-state index contributed by atoms with van der Waals surface area (Å²) in [7, 11) is -3.71. The number of rotatable bonds is 4. The summed E-state index contributed by atoms with van der Waals surface area (Å²) in [5, 5.41) is 0. The number of hydrogen-bond donors (Lipinski definition) is 0. The van der Waals surface area contributed by atoms with Crippen LogP contribution in [-0.2, 0) is 14.9 Å². The molecule has 0 aliphatic carbocycles. The molecule has 0 spiro atoms. The number of halogens is 1. The Kier molecular flexibility index (Phi) is 5.12. The summed E-state index contributed by atoms with van der Waals surface area (Å²) in [6.07, 6.45) is 2.46. The van der Waals surface area contributed by atoms with Gasteiger partial charge in [-0.15, -0.1) is 0 Å². The number of anilines is 1. The van der Waals surface area contributed by atoms with Gasteiger partial charge in [0.25, 0.3) is 5.91 Å². The second kappa shape index (κ2) is 7.18. The molecule has 0 atom stereocenters. The van der Waals surface area contributed by atoms with E-state index in [1.807, 2.05) is 0 Å². The summed E-state index contributed by atoms with van der Waals surface area (Å²) in [6, 6.07) is 11.9. The van der Waals surface area contributed by atoms with Gasteiger partial charge in [-0.05, 0) is 36.4 Å². The average Bonchev–Trinajstić information content (AvgIpc) is 2.83. The van der Waals surface area contributed by atoms with Gasteiger partial charge in [0.2, 0.25) is 0 Å². The van der Waals surface area contributed by atoms with E-state index in [1.165, 1.54) is 41.3 Å². The van der Waals surface area contributed by atoms with Crippen molar-refractivity contribution in [1.82, 2.24) is 0 Å². The Morgan fingerprint density at radius 3 is 2.46 bits per heavy atom. The van der Waals surface area contributed by atoms with Crippen molar-refractivity contribution in [1.29, 1.82) is 0 Å². The summed E-state index contributed by atoms with van der Waals surface area (Å²) in [6.45, 7) is 0. The highest BCUT2D eigenvalue weighted by Crippen LogP contribution is 2.37. The van der Waals surface area contributed by atoms with Crippen molar-refractivity contribution >= 4 is 56.1 Å². The molecular formula is C17H12FNO4S3. The molecule has 0 N–H and O–H groups in total. The van der Waals surface area contributed by atoms with Crippen LogP contribution in [0.1, 0.15) is 5.56 Å². The van der Waals surface area contributed by atoms with Crippen LogP contribution in [0.25, 0.3) is 6.08 Å². The van der Waals surface area contributed by atoms with E-state index in [0.717, 1.165) is 18.0 Å². The van der Waals surface area contributed by atoms with E-state index in [-0.39, 0.29) is 11.7 Å². The topological polar surface area (TPSA) is 63.7 Å². The van der Waals surface area contributed by atoms with Crippen molar-refractivity contribution in [2.45, 2.75) is 0 Å². The van der Waals surface area contributed by atoms with Gasteiger partial charge in [0.15, 0.2) is 4.32 Å². The maximum atomic E-state index is 13.1. The lowest BCUT2D eigenvalue weighted by molar-refractivity contribution is -0.113. The molecule has 9 heteroatoms. The highest BCUT2D eigenvalue weighted by Gasteiger charge is 2.33. The zero-order valence-corrected chi connectivity index (χ0v) is 15.8. The van der Waals surface area contributed by atoms with Crippen molar-refractivity contribution in [3.8, 4) is 5.75 Å². The fraction of sp³-hybridized carbons (Fsp3) is 0.0588. The van der Waals surface area contributed by atoms with Crippen LogP contribution in [0.15, 0.2) is 53.4 Å². The molecule has 2 aromatic carbocycles. The van der Waals surface area contributed by atoms with E-state index in [1.54, 1.807) is 18.2 Å². The molecule has 0 aromatic heterocycles. The lowest BCUT2D eigenvalue weighted by atomic mass is 10.2. The van der Waals surface area contributed by atoms with Gasteiger partial charge < -0.3 is 4.18 Å². The molecule has 1 amide bonds. The molecule has 0 saturated carbocycles. The second-order valence-corrected chi connectivity index (χ2v) is 8.57. The molecule has 0 bridgehead atoms. The van der Waals surface area contributed by atoms with Crippen LogP contribution in [0.4, 0.5) is 10.1 Å². The third-order valence-corrected chi connectivity index (χ3v) is 5.11. The molecule has 26 heavy (non-hydrogen) atoms. The van der Waals surface area contributed by atoms with Crippen molar-refractivity contribution in [2.75, 3.05) is 11.2 Å². The van der Waals surface area contributed by atoms with Gasteiger partial charge >= 0.3 is 10.1 Å². The summed E-state index contributed by atoms with van der Waals surface area (Å²) in [5.74, 6) is -0.676. The van der Waals surface area contributed by atoms with Gasteiger partial charge in [0, 0.05) is 5.56 Å². The SMILES string of the molecule is CS(=O)(=O)Oc1ccccc1/C=C1/SC(=S)N(c2ccc(F)cc2)C1=O. The Balaban J connectivity index is 1.95. The number of amides is 1. The predicted octanol–water partition coefficient (Wildman–Crippen LogP) is 3.57. The van der Waals surface area contributed by atoms with Gasteiger partial charge in [-0.1, -0.05) is 42.2 Å². The van der Waals surface area contributed by atoms with Crippen LogP contribution < -0.4 is 9.08 Å². The number of benzene rings is 2. The van der Waals surface area contributed by atoms with Gasteiger partial charge in [-0.3, -0.25) is 9.69 Å². The molecule has 0 radical (unpaired) electrons. The molecule has 1 fully saturated rings. The molecule has 1 saturated heterocycles. The molecule has 2 aromatic rings. The Bertz CT molecular complexity index is 1020. The van der Waals surface area contributed by atoms with E-state index in [2.05, 4.69) is 0 Å². The van der Waals surface area contributed by atoms with Crippen molar-refractivity contribution in [2.24, 2.45) is 0 Å². The minimum absolute atomic E-state index is 0.113. The molecule has 3 rings (SSSR count). The summed E-state index contributed by atoms with van der Waals surface area (Å²) in [4.78, 5) is 14.3. The Morgan fingerprint density at radius 2 is 1.81 bits per heavy atom. The molecule has 1 aliphatic heterocycles. The van der Waals surface area contributed by atoms with Gasteiger partial charge in [0.05, 0.1) is 16.8 Å². The minimum Gasteiger partial charge on any atom is -0.382 e. The van der Waals surface area contributed by atoms with E-state index >= 15 is 0 Å². The Morgan fingerprint density at radius 1 is 1.15 bits per heavy atom. The maximum Gasteiger partial charge on any atom is 0.306 e. The van der Waals surface area contributed by atoms with E-state index in [9.17, 15) is 17.6 Å². The first kappa shape index (κ1) is 18.6. The number of carbonyl (C=O) groups excluding carboxylic acids is 1. The number of nitrogens with zero attached hydrogens (tertiary/aromatic N) is 1. The smallest absolute Gasteiger partial charge is 0.306 e. The van der Waals surface area contributed by atoms with E-state index < -0.39 is 15.9 Å². The van der Waals surface area contributed by atoms with E-state index in [0.29, 0.717) is 20.5 Å².